The average molecular weight is 524 g/mol. The molecule has 9 heteroatoms. The summed E-state index contributed by atoms with van der Waals surface area (Å²) in [4.78, 5) is 41.7. The number of thioether (sulfide) groups is 1. The van der Waals surface area contributed by atoms with Crippen LogP contribution < -0.4 is 10.6 Å². The van der Waals surface area contributed by atoms with Gasteiger partial charge in [0.2, 0.25) is 11.8 Å². The lowest BCUT2D eigenvalue weighted by Crippen LogP contribution is -2.54. The van der Waals surface area contributed by atoms with E-state index >= 15 is 0 Å². The van der Waals surface area contributed by atoms with Crippen LogP contribution in [0, 0.1) is 6.92 Å². The van der Waals surface area contributed by atoms with Gasteiger partial charge in [-0.25, -0.2) is 4.79 Å². The average Bonchev–Trinajstić information content (AvgIpc) is 2.77. The van der Waals surface area contributed by atoms with Crippen molar-refractivity contribution in [3.05, 3.63) is 29.3 Å². The highest BCUT2D eigenvalue weighted by atomic mass is 32.2. The SMILES string of the molecule is CCCC(C)NC(=O)C(c1ccc(O)c(C)c1)N(CCC)C(=O)C(CCSC)NC(=O)OC(C)(C)C. The number of nitrogens with zero attached hydrogens (tertiary/aromatic N) is 1. The Hall–Kier alpha value is -2.42. The summed E-state index contributed by atoms with van der Waals surface area (Å²) < 4.78 is 5.40. The lowest BCUT2D eigenvalue weighted by Gasteiger charge is -2.35. The quantitative estimate of drug-likeness (QED) is 0.338. The van der Waals surface area contributed by atoms with Gasteiger partial charge >= 0.3 is 6.09 Å². The van der Waals surface area contributed by atoms with Gasteiger partial charge in [-0.1, -0.05) is 26.3 Å². The van der Waals surface area contributed by atoms with Gasteiger partial charge in [0.05, 0.1) is 0 Å². The maximum absolute atomic E-state index is 13.9. The fourth-order valence-electron chi connectivity index (χ4n) is 3.90. The smallest absolute Gasteiger partial charge is 0.408 e. The maximum Gasteiger partial charge on any atom is 0.408 e. The zero-order chi connectivity index (χ0) is 27.5. The van der Waals surface area contributed by atoms with Crippen LogP contribution in [0.2, 0.25) is 0 Å². The van der Waals surface area contributed by atoms with Gasteiger partial charge in [-0.2, -0.15) is 11.8 Å². The Bertz CT molecular complexity index is 871. The number of rotatable bonds is 13. The molecule has 0 radical (unpaired) electrons. The van der Waals surface area contributed by atoms with Crippen molar-refractivity contribution in [2.45, 2.75) is 97.9 Å². The third kappa shape index (κ3) is 10.3. The molecule has 0 saturated carbocycles. The first kappa shape index (κ1) is 31.6. The van der Waals surface area contributed by atoms with Crippen LogP contribution >= 0.6 is 11.8 Å². The molecular weight excluding hydrogens is 478 g/mol. The van der Waals surface area contributed by atoms with Crippen LogP contribution in [0.25, 0.3) is 0 Å². The first-order valence-electron chi connectivity index (χ1n) is 12.7. The Balaban J connectivity index is 3.45. The molecule has 3 unspecified atom stereocenters. The van der Waals surface area contributed by atoms with Gasteiger partial charge in [0, 0.05) is 12.6 Å². The number of hydrogen-bond acceptors (Lipinski definition) is 6. The molecule has 0 aliphatic carbocycles. The molecule has 8 nitrogen and oxygen atoms in total. The van der Waals surface area contributed by atoms with Crippen molar-refractivity contribution in [3.63, 3.8) is 0 Å². The molecule has 0 fully saturated rings. The minimum Gasteiger partial charge on any atom is -0.508 e. The summed E-state index contributed by atoms with van der Waals surface area (Å²) in [5.74, 6) is 0.138. The Labute approximate surface area is 220 Å². The van der Waals surface area contributed by atoms with Gasteiger partial charge in [0.15, 0.2) is 0 Å². The molecule has 0 spiro atoms. The van der Waals surface area contributed by atoms with Crippen LogP contribution in [0.4, 0.5) is 4.79 Å². The molecule has 0 aliphatic rings. The Morgan fingerprint density at radius 3 is 2.31 bits per heavy atom. The van der Waals surface area contributed by atoms with E-state index in [0.29, 0.717) is 36.3 Å². The Kier molecular flexibility index (Phi) is 13.1. The van der Waals surface area contributed by atoms with E-state index in [2.05, 4.69) is 17.6 Å². The molecule has 0 saturated heterocycles. The summed E-state index contributed by atoms with van der Waals surface area (Å²) in [6, 6.07) is 3.13. The highest BCUT2D eigenvalue weighted by Crippen LogP contribution is 2.28. The number of alkyl carbamates (subject to hydrolysis) is 1. The fourth-order valence-corrected chi connectivity index (χ4v) is 4.37. The lowest BCUT2D eigenvalue weighted by atomic mass is 9.99. The van der Waals surface area contributed by atoms with E-state index in [4.69, 9.17) is 4.74 Å². The van der Waals surface area contributed by atoms with Crippen molar-refractivity contribution in [2.75, 3.05) is 18.6 Å². The number of nitrogens with one attached hydrogen (secondary N) is 2. The monoisotopic (exact) mass is 523 g/mol. The lowest BCUT2D eigenvalue weighted by molar-refractivity contribution is -0.142. The van der Waals surface area contributed by atoms with E-state index in [1.165, 1.54) is 0 Å². The molecule has 1 aromatic carbocycles. The third-order valence-corrected chi connectivity index (χ3v) is 6.20. The molecule has 204 valence electrons. The van der Waals surface area contributed by atoms with E-state index in [0.717, 1.165) is 12.8 Å². The first-order valence-corrected chi connectivity index (χ1v) is 14.1. The summed E-state index contributed by atoms with van der Waals surface area (Å²) >= 11 is 1.57. The molecule has 0 aliphatic heterocycles. The van der Waals surface area contributed by atoms with E-state index in [-0.39, 0.29) is 23.6 Å². The summed E-state index contributed by atoms with van der Waals surface area (Å²) in [6.45, 7) is 13.3. The van der Waals surface area contributed by atoms with Gasteiger partial charge in [0.1, 0.15) is 23.4 Å². The topological polar surface area (TPSA) is 108 Å². The van der Waals surface area contributed by atoms with Crippen molar-refractivity contribution >= 4 is 29.7 Å². The fraction of sp³-hybridized carbons (Fsp3) is 0.667. The highest BCUT2D eigenvalue weighted by molar-refractivity contribution is 7.98. The number of hydrogen-bond donors (Lipinski definition) is 3. The van der Waals surface area contributed by atoms with Crippen LogP contribution in [0.5, 0.6) is 5.75 Å². The van der Waals surface area contributed by atoms with E-state index in [1.54, 1.807) is 62.6 Å². The van der Waals surface area contributed by atoms with Crippen LogP contribution in [0.1, 0.15) is 84.4 Å². The third-order valence-electron chi connectivity index (χ3n) is 5.55. The van der Waals surface area contributed by atoms with Gasteiger partial charge in [-0.05, 0) is 89.1 Å². The summed E-state index contributed by atoms with van der Waals surface area (Å²) in [5, 5.41) is 15.8. The predicted molar refractivity (Wildman–Crippen MR) is 146 cm³/mol. The number of phenolic OH excluding ortho intramolecular Hbond substituents is 1. The number of phenols is 1. The molecule has 3 atom stereocenters. The first-order chi connectivity index (χ1) is 16.8. The second-order valence-electron chi connectivity index (χ2n) is 10.2. The standard InChI is InChI=1S/C27H45N3O5S/c1-9-11-19(4)28-24(32)23(20-12-13-22(31)18(3)17-20)30(15-10-2)25(33)21(14-16-36-8)29-26(34)35-27(5,6)7/h12-13,17,19,21,23,31H,9-11,14-16H2,1-8H3,(H,28,32)(H,29,34). The number of benzene rings is 1. The van der Waals surface area contributed by atoms with Gasteiger partial charge < -0.3 is 25.4 Å². The molecule has 0 heterocycles. The van der Waals surface area contributed by atoms with Crippen molar-refractivity contribution < 1.29 is 24.2 Å². The van der Waals surface area contributed by atoms with Gasteiger partial charge in [0.25, 0.3) is 0 Å². The second-order valence-corrected chi connectivity index (χ2v) is 11.1. The molecule has 36 heavy (non-hydrogen) atoms. The zero-order valence-corrected chi connectivity index (χ0v) is 24.0. The predicted octanol–water partition coefficient (Wildman–Crippen LogP) is 4.93. The number of carbonyl (C=O) groups excluding carboxylic acids is 3. The summed E-state index contributed by atoms with van der Waals surface area (Å²) in [5.41, 5.74) is 0.512. The normalized spacial score (nSPS) is 13.9. The molecular formula is C27H45N3O5S. The molecule has 0 aromatic heterocycles. The van der Waals surface area contributed by atoms with Crippen molar-refractivity contribution in [2.24, 2.45) is 0 Å². The Morgan fingerprint density at radius 2 is 1.78 bits per heavy atom. The molecule has 3 amide bonds. The maximum atomic E-state index is 13.9. The highest BCUT2D eigenvalue weighted by Gasteiger charge is 2.36. The molecule has 3 N–H and O–H groups in total. The van der Waals surface area contributed by atoms with Crippen LogP contribution in [0.3, 0.4) is 0 Å². The van der Waals surface area contributed by atoms with Crippen LogP contribution in [-0.2, 0) is 14.3 Å². The number of ether oxygens (including phenoxy) is 1. The number of aryl methyl sites for hydroxylation is 1. The van der Waals surface area contributed by atoms with Crippen molar-refractivity contribution in [1.82, 2.24) is 15.5 Å². The van der Waals surface area contributed by atoms with Crippen LogP contribution in [-0.4, -0.2) is 64.2 Å². The molecule has 1 aromatic rings. The van der Waals surface area contributed by atoms with Crippen molar-refractivity contribution in [3.8, 4) is 5.75 Å². The minimum atomic E-state index is -0.909. The van der Waals surface area contributed by atoms with E-state index in [1.807, 2.05) is 20.1 Å². The molecule has 0 bridgehead atoms. The summed E-state index contributed by atoms with van der Waals surface area (Å²) in [6.07, 6.45) is 4.01. The van der Waals surface area contributed by atoms with Crippen molar-refractivity contribution in [1.29, 1.82) is 0 Å². The van der Waals surface area contributed by atoms with Gasteiger partial charge in [-0.15, -0.1) is 0 Å². The van der Waals surface area contributed by atoms with Crippen LogP contribution in [0.15, 0.2) is 18.2 Å². The Morgan fingerprint density at radius 1 is 1.11 bits per heavy atom. The van der Waals surface area contributed by atoms with E-state index in [9.17, 15) is 19.5 Å². The minimum absolute atomic E-state index is 0.0611. The summed E-state index contributed by atoms with van der Waals surface area (Å²) in [7, 11) is 0. The second kappa shape index (κ2) is 15.0. The van der Waals surface area contributed by atoms with E-state index < -0.39 is 23.8 Å². The number of carbonyl (C=O) groups is 3. The van der Waals surface area contributed by atoms with Gasteiger partial charge in [-0.3, -0.25) is 9.59 Å². The number of aromatic hydroxyl groups is 1. The largest absolute Gasteiger partial charge is 0.508 e. The molecule has 1 rings (SSSR count). The zero-order valence-electron chi connectivity index (χ0n) is 23.1. The number of amides is 3.